The Bertz CT molecular complexity index is 152. The number of ether oxygens (including phenoxy) is 1. The van der Waals surface area contributed by atoms with Gasteiger partial charge in [0.2, 0.25) is 0 Å². The van der Waals surface area contributed by atoms with Gasteiger partial charge in [-0.25, -0.2) is 0 Å². The van der Waals surface area contributed by atoms with Gasteiger partial charge in [0.1, 0.15) is 0 Å². The lowest BCUT2D eigenvalue weighted by Crippen LogP contribution is -2.30. The summed E-state index contributed by atoms with van der Waals surface area (Å²) in [6.45, 7) is 6.52. The highest BCUT2D eigenvalue weighted by atomic mass is 16.5. The highest BCUT2D eigenvalue weighted by molar-refractivity contribution is 4.72. The molecule has 14 heavy (non-hydrogen) atoms. The van der Waals surface area contributed by atoms with Crippen molar-refractivity contribution in [3.8, 4) is 0 Å². The predicted octanol–water partition coefficient (Wildman–Crippen LogP) is 1.16. The Labute approximate surface area is 86.8 Å². The van der Waals surface area contributed by atoms with Crippen LogP contribution in [0.4, 0.5) is 0 Å². The molecule has 0 aliphatic carbocycles. The van der Waals surface area contributed by atoms with Crippen molar-refractivity contribution in [3.05, 3.63) is 0 Å². The van der Waals surface area contributed by atoms with Crippen LogP contribution in [0.1, 0.15) is 33.1 Å². The van der Waals surface area contributed by atoms with E-state index in [2.05, 4.69) is 19.2 Å². The molecule has 0 spiro atoms. The van der Waals surface area contributed by atoms with Crippen molar-refractivity contribution in [2.45, 2.75) is 45.3 Å². The van der Waals surface area contributed by atoms with E-state index in [1.807, 2.05) is 0 Å². The van der Waals surface area contributed by atoms with Gasteiger partial charge < -0.3 is 15.2 Å². The Morgan fingerprint density at radius 2 is 2.29 bits per heavy atom. The van der Waals surface area contributed by atoms with Crippen molar-refractivity contribution in [1.29, 1.82) is 0 Å². The topological polar surface area (TPSA) is 41.5 Å². The summed E-state index contributed by atoms with van der Waals surface area (Å²) in [6.07, 6.45) is 4.11. The monoisotopic (exact) mass is 201 g/mol. The SMILES string of the molecule is CC(CCO)CNCC1CCC(C)O1. The van der Waals surface area contributed by atoms with E-state index >= 15 is 0 Å². The molecule has 0 aromatic heterocycles. The van der Waals surface area contributed by atoms with E-state index in [0.29, 0.717) is 24.7 Å². The molecule has 3 atom stereocenters. The zero-order valence-electron chi connectivity index (χ0n) is 9.33. The molecule has 1 heterocycles. The van der Waals surface area contributed by atoms with Gasteiger partial charge in [-0.05, 0) is 38.6 Å². The summed E-state index contributed by atoms with van der Waals surface area (Å²) in [5, 5.41) is 12.1. The lowest BCUT2D eigenvalue weighted by atomic mass is 10.1. The zero-order valence-corrected chi connectivity index (χ0v) is 9.33. The van der Waals surface area contributed by atoms with Crippen LogP contribution in [-0.4, -0.2) is 37.0 Å². The van der Waals surface area contributed by atoms with E-state index in [4.69, 9.17) is 9.84 Å². The lowest BCUT2D eigenvalue weighted by molar-refractivity contribution is 0.0555. The summed E-state index contributed by atoms with van der Waals surface area (Å²) < 4.78 is 5.69. The molecule has 1 aliphatic heterocycles. The molecule has 0 aromatic carbocycles. The van der Waals surface area contributed by atoms with E-state index in [0.717, 1.165) is 19.5 Å². The molecule has 0 radical (unpaired) electrons. The van der Waals surface area contributed by atoms with Crippen LogP contribution < -0.4 is 5.32 Å². The normalized spacial score (nSPS) is 29.4. The number of hydrogen-bond donors (Lipinski definition) is 2. The number of rotatable bonds is 6. The molecule has 3 nitrogen and oxygen atoms in total. The maximum Gasteiger partial charge on any atom is 0.0704 e. The third-order valence-electron chi connectivity index (χ3n) is 2.81. The van der Waals surface area contributed by atoms with Gasteiger partial charge in [0.15, 0.2) is 0 Å². The van der Waals surface area contributed by atoms with Crippen molar-refractivity contribution in [2.24, 2.45) is 5.92 Å². The van der Waals surface area contributed by atoms with Crippen LogP contribution in [0.3, 0.4) is 0 Å². The Kier molecular flexibility index (Phi) is 5.45. The molecule has 3 unspecified atom stereocenters. The van der Waals surface area contributed by atoms with Crippen LogP contribution in [0.25, 0.3) is 0 Å². The summed E-state index contributed by atoms with van der Waals surface area (Å²) in [5.74, 6) is 0.554. The fraction of sp³-hybridized carbons (Fsp3) is 1.00. The molecule has 0 saturated carbocycles. The summed E-state index contributed by atoms with van der Waals surface area (Å²) in [7, 11) is 0. The van der Waals surface area contributed by atoms with Gasteiger partial charge in [-0.2, -0.15) is 0 Å². The highest BCUT2D eigenvalue weighted by Crippen LogP contribution is 2.18. The zero-order chi connectivity index (χ0) is 10.4. The second kappa shape index (κ2) is 6.38. The number of hydrogen-bond acceptors (Lipinski definition) is 3. The van der Waals surface area contributed by atoms with Gasteiger partial charge in [-0.15, -0.1) is 0 Å². The molecule has 2 N–H and O–H groups in total. The van der Waals surface area contributed by atoms with Gasteiger partial charge >= 0.3 is 0 Å². The van der Waals surface area contributed by atoms with E-state index in [9.17, 15) is 0 Å². The number of nitrogens with one attached hydrogen (secondary N) is 1. The minimum Gasteiger partial charge on any atom is -0.396 e. The second-order valence-electron chi connectivity index (χ2n) is 4.42. The lowest BCUT2D eigenvalue weighted by Gasteiger charge is -2.15. The van der Waals surface area contributed by atoms with E-state index in [-0.39, 0.29) is 0 Å². The largest absolute Gasteiger partial charge is 0.396 e. The minimum absolute atomic E-state index is 0.291. The highest BCUT2D eigenvalue weighted by Gasteiger charge is 2.20. The molecule has 84 valence electrons. The first-order chi connectivity index (χ1) is 6.72. The van der Waals surface area contributed by atoms with Crippen LogP contribution in [0.5, 0.6) is 0 Å². The van der Waals surface area contributed by atoms with Gasteiger partial charge in [0, 0.05) is 13.2 Å². The first-order valence-electron chi connectivity index (χ1n) is 5.69. The van der Waals surface area contributed by atoms with Crippen molar-refractivity contribution < 1.29 is 9.84 Å². The van der Waals surface area contributed by atoms with Gasteiger partial charge in [-0.3, -0.25) is 0 Å². The molecular weight excluding hydrogens is 178 g/mol. The van der Waals surface area contributed by atoms with Gasteiger partial charge in [0.25, 0.3) is 0 Å². The third kappa shape index (κ3) is 4.40. The van der Waals surface area contributed by atoms with Crippen LogP contribution in [-0.2, 0) is 4.74 Å². The first-order valence-corrected chi connectivity index (χ1v) is 5.69. The van der Waals surface area contributed by atoms with Crippen molar-refractivity contribution in [3.63, 3.8) is 0 Å². The summed E-state index contributed by atoms with van der Waals surface area (Å²) in [4.78, 5) is 0. The third-order valence-corrected chi connectivity index (χ3v) is 2.81. The summed E-state index contributed by atoms with van der Waals surface area (Å²) in [6, 6.07) is 0. The molecule has 1 aliphatic rings. The average molecular weight is 201 g/mol. The summed E-state index contributed by atoms with van der Waals surface area (Å²) in [5.41, 5.74) is 0. The molecular formula is C11H23NO2. The van der Waals surface area contributed by atoms with Crippen LogP contribution in [0.2, 0.25) is 0 Å². The van der Waals surface area contributed by atoms with Crippen LogP contribution in [0, 0.1) is 5.92 Å². The molecule has 1 saturated heterocycles. The fourth-order valence-corrected chi connectivity index (χ4v) is 1.85. The van der Waals surface area contributed by atoms with E-state index in [1.54, 1.807) is 0 Å². The average Bonchev–Trinajstić information content (AvgIpc) is 2.52. The van der Waals surface area contributed by atoms with Crippen LogP contribution >= 0.6 is 0 Å². The standard InChI is InChI=1S/C11H23NO2/c1-9(5-6-13)7-12-8-11-4-3-10(2)14-11/h9-13H,3-8H2,1-2H3. The predicted molar refractivity (Wildman–Crippen MR) is 57.3 cm³/mol. The molecule has 1 fully saturated rings. The number of aliphatic hydroxyl groups excluding tert-OH is 1. The Morgan fingerprint density at radius 1 is 1.50 bits per heavy atom. The minimum atomic E-state index is 0.291. The maximum absolute atomic E-state index is 8.73. The molecule has 0 aromatic rings. The molecule has 0 bridgehead atoms. The molecule has 1 rings (SSSR count). The van der Waals surface area contributed by atoms with Crippen molar-refractivity contribution >= 4 is 0 Å². The molecule has 0 amide bonds. The summed E-state index contributed by atoms with van der Waals surface area (Å²) >= 11 is 0. The fourth-order valence-electron chi connectivity index (χ4n) is 1.85. The van der Waals surface area contributed by atoms with E-state index in [1.165, 1.54) is 12.8 Å². The smallest absolute Gasteiger partial charge is 0.0704 e. The maximum atomic E-state index is 8.73. The number of aliphatic hydroxyl groups is 1. The quantitative estimate of drug-likeness (QED) is 0.677. The second-order valence-corrected chi connectivity index (χ2v) is 4.42. The Hall–Kier alpha value is -0.120. The van der Waals surface area contributed by atoms with Gasteiger partial charge in [-0.1, -0.05) is 6.92 Å². The first kappa shape index (κ1) is 12.0. The van der Waals surface area contributed by atoms with E-state index < -0.39 is 0 Å². The van der Waals surface area contributed by atoms with Crippen LogP contribution in [0.15, 0.2) is 0 Å². The van der Waals surface area contributed by atoms with Crippen molar-refractivity contribution in [1.82, 2.24) is 5.32 Å². The Morgan fingerprint density at radius 3 is 2.86 bits per heavy atom. The Balaban J connectivity index is 1.98. The van der Waals surface area contributed by atoms with Gasteiger partial charge in [0.05, 0.1) is 12.2 Å². The van der Waals surface area contributed by atoms with Crippen molar-refractivity contribution in [2.75, 3.05) is 19.7 Å². The molecule has 3 heteroatoms.